The van der Waals surface area contributed by atoms with Gasteiger partial charge < -0.3 is 4.74 Å². The van der Waals surface area contributed by atoms with E-state index in [2.05, 4.69) is 15.9 Å². The monoisotopic (exact) mass is 350 g/mol. The van der Waals surface area contributed by atoms with Crippen molar-refractivity contribution in [3.8, 4) is 0 Å². The highest BCUT2D eigenvalue weighted by molar-refractivity contribution is 9.08. The Bertz CT molecular complexity index is 453. The third-order valence-electron chi connectivity index (χ3n) is 4.00. The molecule has 1 aromatic carbocycles. The van der Waals surface area contributed by atoms with Crippen molar-refractivity contribution in [2.24, 2.45) is 5.92 Å². The standard InChI is InChI=1S/C15H18BrF3O/c1-20-14(10-4-2-3-5-10)13-7-6-12(15(17,18)19)8-11(13)9-16/h6-8,10,14H,2-5,9H2,1H3/t14-/m1/s1. The molecule has 20 heavy (non-hydrogen) atoms. The minimum absolute atomic E-state index is 0.104. The molecule has 1 atom stereocenters. The molecule has 1 saturated carbocycles. The van der Waals surface area contributed by atoms with Crippen LogP contribution in [0.4, 0.5) is 13.2 Å². The number of ether oxygens (including phenoxy) is 1. The molecule has 5 heteroatoms. The van der Waals surface area contributed by atoms with Gasteiger partial charge in [0.1, 0.15) is 0 Å². The fourth-order valence-electron chi connectivity index (χ4n) is 3.01. The minimum Gasteiger partial charge on any atom is -0.376 e. The number of halogens is 4. The van der Waals surface area contributed by atoms with Crippen molar-refractivity contribution in [1.29, 1.82) is 0 Å². The first-order chi connectivity index (χ1) is 9.47. The number of hydrogen-bond acceptors (Lipinski definition) is 1. The van der Waals surface area contributed by atoms with Crippen molar-refractivity contribution in [1.82, 2.24) is 0 Å². The van der Waals surface area contributed by atoms with Gasteiger partial charge in [-0.15, -0.1) is 0 Å². The Hall–Kier alpha value is -0.550. The number of alkyl halides is 4. The van der Waals surface area contributed by atoms with Gasteiger partial charge in [0.05, 0.1) is 11.7 Å². The molecule has 1 fully saturated rings. The summed E-state index contributed by atoms with van der Waals surface area (Å²) in [5, 5.41) is 0.402. The molecule has 1 aliphatic carbocycles. The average Bonchev–Trinajstić information content (AvgIpc) is 2.92. The fourth-order valence-corrected chi connectivity index (χ4v) is 3.49. The van der Waals surface area contributed by atoms with Gasteiger partial charge in [0.15, 0.2) is 0 Å². The molecule has 0 bridgehead atoms. The third-order valence-corrected chi connectivity index (χ3v) is 4.61. The zero-order valence-electron chi connectivity index (χ0n) is 11.3. The Morgan fingerprint density at radius 3 is 2.45 bits per heavy atom. The van der Waals surface area contributed by atoms with Crippen LogP contribution in [0.2, 0.25) is 0 Å². The van der Waals surface area contributed by atoms with Crippen molar-refractivity contribution < 1.29 is 17.9 Å². The predicted molar refractivity (Wildman–Crippen MR) is 75.8 cm³/mol. The summed E-state index contributed by atoms with van der Waals surface area (Å²) in [5.41, 5.74) is 0.944. The highest BCUT2D eigenvalue weighted by atomic mass is 79.9. The zero-order chi connectivity index (χ0) is 14.8. The summed E-state index contributed by atoms with van der Waals surface area (Å²) in [6.45, 7) is 0. The van der Waals surface area contributed by atoms with Gasteiger partial charge in [-0.1, -0.05) is 34.8 Å². The number of hydrogen-bond donors (Lipinski definition) is 0. The van der Waals surface area contributed by atoms with Crippen LogP contribution in [-0.4, -0.2) is 7.11 Å². The van der Waals surface area contributed by atoms with Crippen molar-refractivity contribution in [3.63, 3.8) is 0 Å². The van der Waals surface area contributed by atoms with Crippen molar-refractivity contribution >= 4 is 15.9 Å². The molecule has 1 aromatic rings. The summed E-state index contributed by atoms with van der Waals surface area (Å²) in [7, 11) is 1.64. The smallest absolute Gasteiger partial charge is 0.376 e. The normalized spacial score (nSPS) is 18.4. The molecule has 0 heterocycles. The first kappa shape index (κ1) is 15.8. The largest absolute Gasteiger partial charge is 0.416 e. The maximum atomic E-state index is 12.8. The van der Waals surface area contributed by atoms with E-state index in [4.69, 9.17) is 4.74 Å². The summed E-state index contributed by atoms with van der Waals surface area (Å²) in [6.07, 6.45) is 0.115. The van der Waals surface area contributed by atoms with E-state index < -0.39 is 11.7 Å². The van der Waals surface area contributed by atoms with Crippen molar-refractivity contribution in [2.75, 3.05) is 7.11 Å². The summed E-state index contributed by atoms with van der Waals surface area (Å²) in [6, 6.07) is 3.96. The Balaban J connectivity index is 2.34. The number of rotatable bonds is 4. The van der Waals surface area contributed by atoms with E-state index >= 15 is 0 Å². The van der Waals surface area contributed by atoms with Gasteiger partial charge in [-0.2, -0.15) is 13.2 Å². The fraction of sp³-hybridized carbons (Fsp3) is 0.600. The van der Waals surface area contributed by atoms with Crippen LogP contribution < -0.4 is 0 Å². The average molecular weight is 351 g/mol. The summed E-state index contributed by atoms with van der Waals surface area (Å²) in [4.78, 5) is 0. The highest BCUT2D eigenvalue weighted by Gasteiger charge is 2.33. The van der Waals surface area contributed by atoms with Gasteiger partial charge in [-0.05, 0) is 42.0 Å². The number of benzene rings is 1. The van der Waals surface area contributed by atoms with Crippen LogP contribution in [-0.2, 0) is 16.2 Å². The van der Waals surface area contributed by atoms with Crippen LogP contribution in [0.25, 0.3) is 0 Å². The molecule has 0 radical (unpaired) electrons. The maximum Gasteiger partial charge on any atom is 0.416 e. The molecule has 0 N–H and O–H groups in total. The van der Waals surface area contributed by atoms with E-state index in [0.717, 1.165) is 24.5 Å². The molecule has 112 valence electrons. The van der Waals surface area contributed by atoms with E-state index in [9.17, 15) is 13.2 Å². The highest BCUT2D eigenvalue weighted by Crippen LogP contribution is 2.40. The second-order valence-electron chi connectivity index (χ2n) is 5.25. The van der Waals surface area contributed by atoms with Crippen LogP contribution in [0, 0.1) is 5.92 Å². The second kappa shape index (κ2) is 6.48. The quantitative estimate of drug-likeness (QED) is 0.653. The van der Waals surface area contributed by atoms with E-state index in [0.29, 0.717) is 16.8 Å². The van der Waals surface area contributed by atoms with Crippen LogP contribution >= 0.6 is 15.9 Å². The summed E-state index contributed by atoms with van der Waals surface area (Å²) in [5.74, 6) is 0.412. The Kier molecular flexibility index (Phi) is 5.13. The molecule has 2 rings (SSSR count). The predicted octanol–water partition coefficient (Wildman–Crippen LogP) is 5.48. The van der Waals surface area contributed by atoms with E-state index in [1.54, 1.807) is 13.2 Å². The molecule has 0 aliphatic heterocycles. The molecule has 0 aromatic heterocycles. The van der Waals surface area contributed by atoms with E-state index in [-0.39, 0.29) is 6.10 Å². The molecular weight excluding hydrogens is 333 g/mol. The second-order valence-corrected chi connectivity index (χ2v) is 5.81. The SMILES string of the molecule is CO[C@@H](c1ccc(C(F)(F)F)cc1CBr)C1CCCC1. The van der Waals surface area contributed by atoms with Gasteiger partial charge in [0.2, 0.25) is 0 Å². The Morgan fingerprint density at radius 1 is 1.30 bits per heavy atom. The zero-order valence-corrected chi connectivity index (χ0v) is 12.9. The lowest BCUT2D eigenvalue weighted by Crippen LogP contribution is -2.15. The van der Waals surface area contributed by atoms with Gasteiger partial charge in [-0.25, -0.2) is 0 Å². The van der Waals surface area contributed by atoms with Crippen molar-refractivity contribution in [2.45, 2.75) is 43.3 Å². The Morgan fingerprint density at radius 2 is 1.95 bits per heavy atom. The molecule has 0 amide bonds. The maximum absolute atomic E-state index is 12.8. The van der Waals surface area contributed by atoms with Crippen LogP contribution in [0.3, 0.4) is 0 Å². The lowest BCUT2D eigenvalue weighted by molar-refractivity contribution is -0.137. The van der Waals surface area contributed by atoms with Gasteiger partial charge in [0, 0.05) is 12.4 Å². The van der Waals surface area contributed by atoms with Crippen LogP contribution in [0.5, 0.6) is 0 Å². The molecule has 0 saturated heterocycles. The topological polar surface area (TPSA) is 9.23 Å². The van der Waals surface area contributed by atoms with E-state index in [1.165, 1.54) is 18.9 Å². The summed E-state index contributed by atoms with van der Waals surface area (Å²) < 4.78 is 43.9. The molecular formula is C15H18BrF3O. The lowest BCUT2D eigenvalue weighted by Gasteiger charge is -2.25. The van der Waals surface area contributed by atoms with Crippen molar-refractivity contribution in [3.05, 3.63) is 34.9 Å². The van der Waals surface area contributed by atoms with Gasteiger partial charge in [-0.3, -0.25) is 0 Å². The summed E-state index contributed by atoms with van der Waals surface area (Å²) >= 11 is 3.29. The Labute approximate surface area is 125 Å². The molecule has 0 unspecified atom stereocenters. The molecule has 0 spiro atoms. The van der Waals surface area contributed by atoms with Gasteiger partial charge >= 0.3 is 6.18 Å². The van der Waals surface area contributed by atoms with E-state index in [1.807, 2.05) is 0 Å². The third kappa shape index (κ3) is 3.37. The first-order valence-corrected chi connectivity index (χ1v) is 7.88. The van der Waals surface area contributed by atoms with Crippen LogP contribution in [0.15, 0.2) is 18.2 Å². The van der Waals surface area contributed by atoms with Crippen LogP contribution in [0.1, 0.15) is 48.5 Å². The minimum atomic E-state index is -4.30. The van der Waals surface area contributed by atoms with Gasteiger partial charge in [0.25, 0.3) is 0 Å². The molecule has 1 aliphatic rings. The number of methoxy groups -OCH3 is 1. The first-order valence-electron chi connectivity index (χ1n) is 6.76. The molecule has 1 nitrogen and oxygen atoms in total. The lowest BCUT2D eigenvalue weighted by atomic mass is 9.90.